The van der Waals surface area contributed by atoms with Crippen LogP contribution in [0.5, 0.6) is 0 Å². The standard InChI is InChI=1S/C5H7N5.F2.FH/c6-9-8-2-4-10-3-1-7-5-10;1-2;/h1,3,5H,2,4H2;;1H. The summed E-state index contributed by atoms with van der Waals surface area (Å²) in [4.78, 5) is 6.46. The molecular weight excluding hydrogens is 187 g/mol. The number of hydrogen-bond acceptors (Lipinski definition) is 2. The molecule has 0 saturated carbocycles. The van der Waals surface area contributed by atoms with Crippen LogP contribution >= 0.6 is 0 Å². The molecule has 0 aliphatic rings. The highest BCUT2D eigenvalue weighted by atomic mass is 20.0. The summed E-state index contributed by atoms with van der Waals surface area (Å²) in [6.45, 7) is 1.18. The fourth-order valence-electron chi connectivity index (χ4n) is 0.624. The minimum atomic E-state index is 0. The molecule has 0 amide bonds. The number of rotatable bonds is 3. The first-order valence-electron chi connectivity index (χ1n) is 3.04. The first kappa shape index (κ1) is 13.9. The van der Waals surface area contributed by atoms with Gasteiger partial charge in [-0.1, -0.05) is 5.11 Å². The van der Waals surface area contributed by atoms with Gasteiger partial charge in [-0.2, -0.15) is 0 Å². The Morgan fingerprint density at radius 3 is 2.69 bits per heavy atom. The Morgan fingerprint density at radius 1 is 1.54 bits per heavy atom. The van der Waals surface area contributed by atoms with Crippen molar-refractivity contribution < 1.29 is 13.9 Å². The Hall–Kier alpha value is -1.69. The second-order valence-electron chi connectivity index (χ2n) is 1.75. The van der Waals surface area contributed by atoms with Gasteiger partial charge < -0.3 is 4.57 Å². The highest BCUT2D eigenvalue weighted by molar-refractivity contribution is 4.73. The third-order valence-electron chi connectivity index (χ3n) is 1.08. The van der Waals surface area contributed by atoms with Crippen molar-refractivity contribution in [2.45, 2.75) is 6.54 Å². The summed E-state index contributed by atoms with van der Waals surface area (Å²) in [5.74, 6) is 0. The quantitative estimate of drug-likeness (QED) is 0.414. The Kier molecular flexibility index (Phi) is 11.0. The van der Waals surface area contributed by atoms with E-state index in [2.05, 4.69) is 15.0 Å². The molecule has 0 aliphatic carbocycles. The second-order valence-corrected chi connectivity index (χ2v) is 1.75. The molecule has 1 aromatic rings. The van der Waals surface area contributed by atoms with E-state index in [4.69, 9.17) is 14.7 Å². The molecule has 5 nitrogen and oxygen atoms in total. The van der Waals surface area contributed by atoms with Crippen molar-refractivity contribution in [3.63, 3.8) is 0 Å². The topological polar surface area (TPSA) is 66.6 Å². The van der Waals surface area contributed by atoms with E-state index in [0.717, 1.165) is 0 Å². The lowest BCUT2D eigenvalue weighted by atomic mass is 10.6. The van der Waals surface area contributed by atoms with Gasteiger partial charge in [-0.05, 0) is 5.53 Å². The molecule has 74 valence electrons. The molecule has 8 heteroatoms. The van der Waals surface area contributed by atoms with Gasteiger partial charge in [0.05, 0.1) is 6.33 Å². The van der Waals surface area contributed by atoms with Crippen LogP contribution in [-0.2, 0) is 6.54 Å². The number of aromatic nitrogens is 2. The molecule has 0 aliphatic heterocycles. The average Bonchev–Trinajstić information content (AvgIpc) is 2.61. The Morgan fingerprint density at radius 2 is 2.23 bits per heavy atom. The predicted octanol–water partition coefficient (Wildman–Crippen LogP) is 2.19. The largest absolute Gasteiger partial charge is 0.337 e. The van der Waals surface area contributed by atoms with Crippen LogP contribution in [0.2, 0.25) is 0 Å². The number of nitrogens with zero attached hydrogens (tertiary/aromatic N) is 5. The summed E-state index contributed by atoms with van der Waals surface area (Å²) in [5, 5.41) is 3.38. The zero-order valence-electron chi connectivity index (χ0n) is 6.55. The lowest BCUT2D eigenvalue weighted by molar-refractivity contribution is 0.108. The molecule has 13 heavy (non-hydrogen) atoms. The molecule has 0 unspecified atom stereocenters. The molecule has 0 fully saturated rings. The molecule has 0 radical (unpaired) electrons. The summed E-state index contributed by atoms with van der Waals surface area (Å²) < 4.78 is 17.9. The van der Waals surface area contributed by atoms with Crippen molar-refractivity contribution in [3.8, 4) is 0 Å². The highest BCUT2D eigenvalue weighted by Crippen LogP contribution is 1.85. The van der Waals surface area contributed by atoms with E-state index in [1.807, 2.05) is 10.8 Å². The average molecular weight is 195 g/mol. The van der Waals surface area contributed by atoms with E-state index in [1.54, 1.807) is 12.5 Å². The van der Waals surface area contributed by atoms with Crippen molar-refractivity contribution in [2.75, 3.05) is 6.54 Å². The van der Waals surface area contributed by atoms with Gasteiger partial charge in [-0.15, -0.1) is 0 Å². The Labute approximate surface area is 71.9 Å². The molecule has 1 aromatic heterocycles. The summed E-state index contributed by atoms with van der Waals surface area (Å²) in [5.41, 5.74) is 7.93. The Bertz CT molecular complexity index is 230. The fraction of sp³-hybridized carbons (Fsp3) is 0.400. The van der Waals surface area contributed by atoms with Gasteiger partial charge in [0.1, 0.15) is 0 Å². The Balaban J connectivity index is 0. The van der Waals surface area contributed by atoms with Crippen molar-refractivity contribution in [1.29, 1.82) is 0 Å². The third-order valence-corrected chi connectivity index (χ3v) is 1.08. The van der Waals surface area contributed by atoms with E-state index in [1.165, 1.54) is 0 Å². The molecular formula is C5H8F3N5. The molecule has 1 rings (SSSR count). The first-order chi connectivity index (χ1) is 5.93. The van der Waals surface area contributed by atoms with E-state index < -0.39 is 0 Å². The molecule has 0 N–H and O–H groups in total. The summed E-state index contributed by atoms with van der Waals surface area (Å²) in [7, 11) is 0. The molecule has 0 aromatic carbocycles. The zero-order valence-corrected chi connectivity index (χ0v) is 6.55. The molecule has 0 atom stereocenters. The van der Waals surface area contributed by atoms with E-state index >= 15 is 0 Å². The summed E-state index contributed by atoms with van der Waals surface area (Å²) in [6.07, 6.45) is 5.20. The van der Waals surface area contributed by atoms with E-state index in [9.17, 15) is 0 Å². The number of halogens is 3. The highest BCUT2D eigenvalue weighted by Gasteiger charge is 1.84. The van der Waals surface area contributed by atoms with Crippen LogP contribution in [0.25, 0.3) is 10.4 Å². The number of hydrogen-bond donors (Lipinski definition) is 0. The van der Waals surface area contributed by atoms with Crippen molar-refractivity contribution in [3.05, 3.63) is 29.2 Å². The van der Waals surface area contributed by atoms with Crippen LogP contribution in [0, 0.1) is 0 Å². The number of azide groups is 1. The van der Waals surface area contributed by atoms with Gasteiger partial charge in [0.2, 0.25) is 0 Å². The van der Waals surface area contributed by atoms with Crippen LogP contribution < -0.4 is 0 Å². The summed E-state index contributed by atoms with van der Waals surface area (Å²) in [6, 6.07) is 0. The zero-order chi connectivity index (χ0) is 9.23. The lowest BCUT2D eigenvalue weighted by Crippen LogP contribution is -1.96. The van der Waals surface area contributed by atoms with Crippen LogP contribution in [-0.4, -0.2) is 16.1 Å². The molecule has 0 saturated heterocycles. The SMILES string of the molecule is F.FF.[N-]=[N+]=NCCn1ccnc1. The smallest absolute Gasteiger partial charge is 0.0945 e. The fourth-order valence-corrected chi connectivity index (χ4v) is 0.624. The van der Waals surface area contributed by atoms with Gasteiger partial charge in [0, 0.05) is 39.5 Å². The lowest BCUT2D eigenvalue weighted by Gasteiger charge is -1.93. The van der Waals surface area contributed by atoms with E-state index in [0.29, 0.717) is 13.1 Å². The second kappa shape index (κ2) is 10.3. The third kappa shape index (κ3) is 6.70. The van der Waals surface area contributed by atoms with Crippen molar-refractivity contribution in [2.24, 2.45) is 5.11 Å². The number of imidazole rings is 1. The van der Waals surface area contributed by atoms with Crippen LogP contribution in [0.3, 0.4) is 0 Å². The van der Waals surface area contributed by atoms with Crippen LogP contribution in [0.1, 0.15) is 0 Å². The molecule has 0 bridgehead atoms. The minimum Gasteiger partial charge on any atom is -0.337 e. The van der Waals surface area contributed by atoms with Gasteiger partial charge in [-0.25, -0.2) is 4.98 Å². The predicted molar refractivity (Wildman–Crippen MR) is 41.0 cm³/mol. The van der Waals surface area contributed by atoms with Gasteiger partial charge in [0.25, 0.3) is 0 Å². The van der Waals surface area contributed by atoms with E-state index in [-0.39, 0.29) is 4.70 Å². The monoisotopic (exact) mass is 195 g/mol. The summed E-state index contributed by atoms with van der Waals surface area (Å²) >= 11 is 0. The van der Waals surface area contributed by atoms with Gasteiger partial charge >= 0.3 is 0 Å². The van der Waals surface area contributed by atoms with Crippen LogP contribution in [0.15, 0.2) is 23.8 Å². The van der Waals surface area contributed by atoms with Crippen molar-refractivity contribution in [1.82, 2.24) is 9.55 Å². The molecule has 0 spiro atoms. The normalized spacial score (nSPS) is 7.23. The molecule has 1 heterocycles. The van der Waals surface area contributed by atoms with Crippen molar-refractivity contribution >= 4 is 0 Å². The van der Waals surface area contributed by atoms with Gasteiger partial charge in [0.15, 0.2) is 0 Å². The maximum Gasteiger partial charge on any atom is 0.0945 e. The minimum absolute atomic E-state index is 0. The first-order valence-corrected chi connectivity index (χ1v) is 3.04. The van der Waals surface area contributed by atoms with Gasteiger partial charge in [-0.3, -0.25) is 4.70 Å². The van der Waals surface area contributed by atoms with Crippen LogP contribution in [0.4, 0.5) is 13.9 Å². The maximum atomic E-state index is 8.00. The maximum absolute atomic E-state index is 8.00.